The molecule has 0 heterocycles. The lowest BCUT2D eigenvalue weighted by atomic mass is 9.57. The first-order valence-corrected chi connectivity index (χ1v) is 11.2. The van der Waals surface area contributed by atoms with Gasteiger partial charge in [0.2, 0.25) is 0 Å². The van der Waals surface area contributed by atoms with Crippen LogP contribution >= 0.6 is 0 Å². The predicted molar refractivity (Wildman–Crippen MR) is 108 cm³/mol. The number of unbranched alkanes of at least 4 members (excludes halogenated alkanes) is 2. The molecule has 150 valence electrons. The fraction of sp³-hybridized carbons (Fsp3) is 0.958. The van der Waals surface area contributed by atoms with E-state index in [0.717, 1.165) is 32.1 Å². The molecular weight excluding hydrogens is 320 g/mol. The smallest absolute Gasteiger partial charge is 0.313 e. The molecule has 1 atom stereocenters. The summed E-state index contributed by atoms with van der Waals surface area (Å²) in [5, 5.41) is 0. The molecule has 4 rings (SSSR count). The second-order valence-electron chi connectivity index (χ2n) is 11.9. The molecule has 2 bridgehead atoms. The van der Waals surface area contributed by atoms with Crippen LogP contribution in [0.5, 0.6) is 0 Å². The van der Waals surface area contributed by atoms with E-state index in [2.05, 4.69) is 41.5 Å². The van der Waals surface area contributed by atoms with Crippen LogP contribution in [0.2, 0.25) is 0 Å². The number of hydrogen-bond acceptors (Lipinski definition) is 2. The quantitative estimate of drug-likeness (QED) is 0.358. The van der Waals surface area contributed by atoms with E-state index >= 15 is 0 Å². The standard InChI is InChI=1S/C24H42O2/c1-7-8-9-10-22-11-14-23(15-12-22,16-13-22)26-19(25)24(17-20(2,3)4)18-21(24,5)6/h7-18H2,1-6H3. The van der Waals surface area contributed by atoms with Crippen LogP contribution < -0.4 is 0 Å². The normalized spacial score (nSPS) is 38.2. The molecule has 4 fully saturated rings. The predicted octanol–water partition coefficient (Wildman–Crippen LogP) is 7.06. The lowest BCUT2D eigenvalue weighted by Gasteiger charge is -2.53. The topological polar surface area (TPSA) is 26.3 Å². The van der Waals surface area contributed by atoms with Crippen LogP contribution in [0.1, 0.15) is 119 Å². The SMILES string of the molecule is CCCCCC12CCC(OC(=O)C3(CC(C)(C)C)CC3(C)C)(CC1)CC2. The van der Waals surface area contributed by atoms with Gasteiger partial charge in [0.1, 0.15) is 5.60 Å². The van der Waals surface area contributed by atoms with Gasteiger partial charge in [-0.05, 0) is 74.0 Å². The van der Waals surface area contributed by atoms with E-state index in [-0.39, 0.29) is 27.8 Å². The molecule has 0 spiro atoms. The highest BCUT2D eigenvalue weighted by molar-refractivity contribution is 5.82. The van der Waals surface area contributed by atoms with Crippen molar-refractivity contribution < 1.29 is 9.53 Å². The molecule has 0 aliphatic heterocycles. The van der Waals surface area contributed by atoms with Gasteiger partial charge in [0, 0.05) is 0 Å². The number of ether oxygens (including phenoxy) is 1. The Morgan fingerprint density at radius 1 is 0.962 bits per heavy atom. The first-order valence-electron chi connectivity index (χ1n) is 11.2. The van der Waals surface area contributed by atoms with Gasteiger partial charge in [-0.25, -0.2) is 0 Å². The van der Waals surface area contributed by atoms with Gasteiger partial charge in [-0.15, -0.1) is 0 Å². The van der Waals surface area contributed by atoms with Crippen molar-refractivity contribution in [2.75, 3.05) is 0 Å². The number of carbonyl (C=O) groups excluding carboxylic acids is 1. The number of fused-ring (bicyclic) bond motifs is 3. The summed E-state index contributed by atoms with van der Waals surface area (Å²) in [6.07, 6.45) is 14.5. The maximum Gasteiger partial charge on any atom is 0.313 e. The number of hydrogen-bond donors (Lipinski definition) is 0. The molecule has 26 heavy (non-hydrogen) atoms. The molecule has 0 amide bonds. The lowest BCUT2D eigenvalue weighted by Crippen LogP contribution is -2.50. The van der Waals surface area contributed by atoms with Gasteiger partial charge in [0.15, 0.2) is 0 Å². The van der Waals surface area contributed by atoms with Crippen molar-refractivity contribution in [2.45, 2.75) is 124 Å². The Morgan fingerprint density at radius 2 is 1.50 bits per heavy atom. The summed E-state index contributed by atoms with van der Waals surface area (Å²) in [6.45, 7) is 13.5. The highest BCUT2D eigenvalue weighted by atomic mass is 16.6. The van der Waals surface area contributed by atoms with Crippen LogP contribution in [0.3, 0.4) is 0 Å². The van der Waals surface area contributed by atoms with Crippen molar-refractivity contribution in [2.24, 2.45) is 21.7 Å². The molecule has 0 N–H and O–H groups in total. The van der Waals surface area contributed by atoms with Crippen LogP contribution in [-0.4, -0.2) is 11.6 Å². The molecule has 4 aliphatic rings. The molecule has 0 aromatic rings. The van der Waals surface area contributed by atoms with Crippen molar-refractivity contribution in [1.82, 2.24) is 0 Å². The highest BCUT2D eigenvalue weighted by Gasteiger charge is 2.69. The zero-order valence-electron chi connectivity index (χ0n) is 18.3. The van der Waals surface area contributed by atoms with Crippen LogP contribution in [0.4, 0.5) is 0 Å². The second kappa shape index (κ2) is 6.52. The minimum absolute atomic E-state index is 0.0985. The maximum atomic E-state index is 13.3. The first-order chi connectivity index (χ1) is 12.0. The molecule has 2 heteroatoms. The van der Waals surface area contributed by atoms with E-state index in [1.165, 1.54) is 44.9 Å². The Morgan fingerprint density at radius 3 is 1.92 bits per heavy atom. The highest BCUT2D eigenvalue weighted by Crippen LogP contribution is 2.69. The van der Waals surface area contributed by atoms with E-state index < -0.39 is 0 Å². The molecular formula is C24H42O2. The molecule has 4 aliphatic carbocycles. The monoisotopic (exact) mass is 362 g/mol. The molecule has 0 radical (unpaired) electrons. The Bertz CT molecular complexity index is 514. The largest absolute Gasteiger partial charge is 0.459 e. The van der Waals surface area contributed by atoms with E-state index in [9.17, 15) is 4.79 Å². The van der Waals surface area contributed by atoms with Crippen molar-refractivity contribution in [1.29, 1.82) is 0 Å². The average molecular weight is 363 g/mol. The van der Waals surface area contributed by atoms with E-state index in [1.54, 1.807) is 0 Å². The van der Waals surface area contributed by atoms with Crippen LogP contribution in [-0.2, 0) is 9.53 Å². The Hall–Kier alpha value is -0.530. The second-order valence-corrected chi connectivity index (χ2v) is 11.9. The van der Waals surface area contributed by atoms with E-state index in [0.29, 0.717) is 5.41 Å². The third-order valence-electron chi connectivity index (χ3n) is 8.09. The van der Waals surface area contributed by atoms with Gasteiger partial charge in [0.05, 0.1) is 5.41 Å². The fourth-order valence-electron chi connectivity index (χ4n) is 6.14. The van der Waals surface area contributed by atoms with Gasteiger partial charge < -0.3 is 4.74 Å². The molecule has 0 saturated heterocycles. The summed E-state index contributed by atoms with van der Waals surface area (Å²) < 4.78 is 6.41. The van der Waals surface area contributed by atoms with E-state index in [4.69, 9.17) is 4.74 Å². The van der Waals surface area contributed by atoms with Gasteiger partial charge in [-0.1, -0.05) is 60.8 Å². The number of esters is 1. The Labute approximate surface area is 161 Å². The van der Waals surface area contributed by atoms with Crippen molar-refractivity contribution in [3.8, 4) is 0 Å². The summed E-state index contributed by atoms with van der Waals surface area (Å²) in [6, 6.07) is 0. The summed E-state index contributed by atoms with van der Waals surface area (Å²) in [4.78, 5) is 13.3. The maximum absolute atomic E-state index is 13.3. The third-order valence-corrected chi connectivity index (χ3v) is 8.09. The summed E-state index contributed by atoms with van der Waals surface area (Å²) in [5.74, 6) is 0.123. The van der Waals surface area contributed by atoms with Crippen molar-refractivity contribution in [3.63, 3.8) is 0 Å². The number of rotatable bonds is 7. The Kier molecular flexibility index (Phi) is 5.07. The zero-order chi connectivity index (χ0) is 19.3. The molecule has 0 aromatic carbocycles. The number of carbonyl (C=O) groups is 1. The van der Waals surface area contributed by atoms with Gasteiger partial charge in [-0.3, -0.25) is 4.79 Å². The average Bonchev–Trinajstić information content (AvgIpc) is 3.09. The van der Waals surface area contributed by atoms with Gasteiger partial charge >= 0.3 is 5.97 Å². The van der Waals surface area contributed by atoms with Crippen molar-refractivity contribution >= 4 is 5.97 Å². The molecule has 0 aromatic heterocycles. The Balaban J connectivity index is 1.63. The fourth-order valence-corrected chi connectivity index (χ4v) is 6.14. The minimum atomic E-state index is -0.243. The van der Waals surface area contributed by atoms with Gasteiger partial charge in [0.25, 0.3) is 0 Å². The van der Waals surface area contributed by atoms with Crippen molar-refractivity contribution in [3.05, 3.63) is 0 Å². The molecule has 1 unspecified atom stereocenters. The van der Waals surface area contributed by atoms with E-state index in [1.807, 2.05) is 0 Å². The molecule has 4 saturated carbocycles. The summed E-state index contributed by atoms with van der Waals surface area (Å²) in [7, 11) is 0. The molecule has 2 nitrogen and oxygen atoms in total. The lowest BCUT2D eigenvalue weighted by molar-refractivity contribution is -0.186. The summed E-state index contributed by atoms with van der Waals surface area (Å²) in [5.41, 5.74) is 0.463. The zero-order valence-corrected chi connectivity index (χ0v) is 18.3. The minimum Gasteiger partial charge on any atom is -0.459 e. The third kappa shape index (κ3) is 3.72. The van der Waals surface area contributed by atoms with Crippen LogP contribution in [0.25, 0.3) is 0 Å². The summed E-state index contributed by atoms with van der Waals surface area (Å²) >= 11 is 0. The van der Waals surface area contributed by atoms with Crippen LogP contribution in [0.15, 0.2) is 0 Å². The van der Waals surface area contributed by atoms with Crippen LogP contribution in [0, 0.1) is 21.7 Å². The first kappa shape index (κ1) is 20.2. The van der Waals surface area contributed by atoms with Gasteiger partial charge in [-0.2, -0.15) is 0 Å².